The van der Waals surface area contributed by atoms with Crippen LogP contribution in [-0.4, -0.2) is 10.8 Å². The molecular formula is C11H13NO2. The summed E-state index contributed by atoms with van der Waals surface area (Å²) < 4.78 is 11.7. The molecule has 1 aromatic rings. The second kappa shape index (κ2) is 2.95. The SMILES string of the molecule is c1cc2c(cn1)OC1(CCCC1)OC2. The van der Waals surface area contributed by atoms with Gasteiger partial charge in [-0.3, -0.25) is 4.98 Å². The zero-order valence-electron chi connectivity index (χ0n) is 8.03. The van der Waals surface area contributed by atoms with E-state index in [-0.39, 0.29) is 5.79 Å². The number of pyridine rings is 1. The standard InChI is InChI=1S/C11H13NO2/c1-2-5-11(4-1)13-8-9-3-6-12-7-10(9)14-11/h3,6-7H,1-2,4-5,8H2. The van der Waals surface area contributed by atoms with Crippen molar-refractivity contribution in [3.63, 3.8) is 0 Å². The lowest BCUT2D eigenvalue weighted by molar-refractivity contribution is -0.200. The summed E-state index contributed by atoms with van der Waals surface area (Å²) in [7, 11) is 0. The van der Waals surface area contributed by atoms with Crippen LogP contribution in [0.2, 0.25) is 0 Å². The van der Waals surface area contributed by atoms with Crippen molar-refractivity contribution in [2.45, 2.75) is 38.1 Å². The Morgan fingerprint density at radius 3 is 3.00 bits per heavy atom. The smallest absolute Gasteiger partial charge is 0.210 e. The van der Waals surface area contributed by atoms with Crippen molar-refractivity contribution in [2.24, 2.45) is 0 Å². The van der Waals surface area contributed by atoms with Crippen LogP contribution in [0.25, 0.3) is 0 Å². The van der Waals surface area contributed by atoms with Crippen molar-refractivity contribution in [2.75, 3.05) is 0 Å². The molecular weight excluding hydrogens is 178 g/mol. The van der Waals surface area contributed by atoms with Gasteiger partial charge in [0.05, 0.1) is 12.8 Å². The predicted octanol–water partition coefficient (Wildman–Crippen LogP) is 2.26. The van der Waals surface area contributed by atoms with E-state index in [0.717, 1.165) is 24.2 Å². The number of aromatic nitrogens is 1. The lowest BCUT2D eigenvalue weighted by atomic mass is 10.1. The van der Waals surface area contributed by atoms with Crippen LogP contribution in [0.4, 0.5) is 0 Å². The Hall–Kier alpha value is -1.09. The largest absolute Gasteiger partial charge is 0.460 e. The van der Waals surface area contributed by atoms with Gasteiger partial charge in [-0.05, 0) is 18.9 Å². The minimum absolute atomic E-state index is 0.323. The summed E-state index contributed by atoms with van der Waals surface area (Å²) in [4.78, 5) is 4.07. The normalized spacial score (nSPS) is 23.1. The van der Waals surface area contributed by atoms with E-state index >= 15 is 0 Å². The van der Waals surface area contributed by atoms with E-state index in [1.54, 1.807) is 12.4 Å². The van der Waals surface area contributed by atoms with Crippen molar-refractivity contribution in [1.82, 2.24) is 4.98 Å². The molecule has 3 heteroatoms. The van der Waals surface area contributed by atoms with Crippen LogP contribution in [0.1, 0.15) is 31.2 Å². The van der Waals surface area contributed by atoms with Crippen molar-refractivity contribution in [3.8, 4) is 5.75 Å². The lowest BCUT2D eigenvalue weighted by Crippen LogP contribution is -2.39. The number of ether oxygens (including phenoxy) is 2. The van der Waals surface area contributed by atoms with Crippen molar-refractivity contribution in [1.29, 1.82) is 0 Å². The number of rotatable bonds is 0. The van der Waals surface area contributed by atoms with Gasteiger partial charge in [-0.25, -0.2) is 0 Å². The number of nitrogens with zero attached hydrogens (tertiary/aromatic N) is 1. The molecule has 1 aromatic heterocycles. The summed E-state index contributed by atoms with van der Waals surface area (Å²) in [5.41, 5.74) is 1.11. The topological polar surface area (TPSA) is 31.4 Å². The van der Waals surface area contributed by atoms with Gasteiger partial charge in [-0.15, -0.1) is 0 Å². The first kappa shape index (κ1) is 8.24. The Labute approximate surface area is 83.1 Å². The molecule has 0 radical (unpaired) electrons. The van der Waals surface area contributed by atoms with Gasteiger partial charge < -0.3 is 9.47 Å². The molecule has 0 bridgehead atoms. The molecule has 1 aliphatic carbocycles. The molecule has 0 N–H and O–H groups in total. The van der Waals surface area contributed by atoms with Crippen LogP contribution in [0.3, 0.4) is 0 Å². The molecule has 3 rings (SSSR count). The van der Waals surface area contributed by atoms with E-state index in [1.807, 2.05) is 6.07 Å². The minimum atomic E-state index is -0.323. The highest BCUT2D eigenvalue weighted by molar-refractivity contribution is 5.31. The van der Waals surface area contributed by atoms with E-state index in [4.69, 9.17) is 9.47 Å². The van der Waals surface area contributed by atoms with Crippen molar-refractivity contribution < 1.29 is 9.47 Å². The van der Waals surface area contributed by atoms with Gasteiger partial charge >= 0.3 is 0 Å². The summed E-state index contributed by atoms with van der Waals surface area (Å²) in [5.74, 6) is 0.580. The zero-order valence-corrected chi connectivity index (χ0v) is 8.03. The van der Waals surface area contributed by atoms with Gasteiger partial charge in [-0.1, -0.05) is 0 Å². The van der Waals surface area contributed by atoms with E-state index in [0.29, 0.717) is 6.61 Å². The van der Waals surface area contributed by atoms with Crippen LogP contribution in [0.5, 0.6) is 5.75 Å². The van der Waals surface area contributed by atoms with E-state index in [9.17, 15) is 0 Å². The van der Waals surface area contributed by atoms with Crippen LogP contribution >= 0.6 is 0 Å². The third kappa shape index (κ3) is 1.20. The van der Waals surface area contributed by atoms with Crippen LogP contribution in [-0.2, 0) is 11.3 Å². The zero-order chi connectivity index (χ0) is 9.43. The molecule has 1 spiro atoms. The highest BCUT2D eigenvalue weighted by Gasteiger charge is 2.40. The molecule has 0 saturated heterocycles. The van der Waals surface area contributed by atoms with Gasteiger partial charge in [0.25, 0.3) is 0 Å². The second-order valence-corrected chi connectivity index (χ2v) is 3.99. The molecule has 0 amide bonds. The van der Waals surface area contributed by atoms with Gasteiger partial charge in [-0.2, -0.15) is 0 Å². The number of fused-ring (bicyclic) bond motifs is 1. The molecule has 0 atom stereocenters. The molecule has 14 heavy (non-hydrogen) atoms. The molecule has 0 aromatic carbocycles. The molecule has 1 aliphatic heterocycles. The van der Waals surface area contributed by atoms with E-state index in [1.165, 1.54) is 12.8 Å². The molecule has 74 valence electrons. The number of hydrogen-bond donors (Lipinski definition) is 0. The summed E-state index contributed by atoms with van der Waals surface area (Å²) in [6.07, 6.45) is 8.00. The monoisotopic (exact) mass is 191 g/mol. The fourth-order valence-corrected chi connectivity index (χ4v) is 2.22. The van der Waals surface area contributed by atoms with E-state index in [2.05, 4.69) is 4.98 Å². The summed E-state index contributed by atoms with van der Waals surface area (Å²) in [5, 5.41) is 0. The molecule has 2 aliphatic rings. The molecule has 3 nitrogen and oxygen atoms in total. The Balaban J connectivity index is 1.92. The van der Waals surface area contributed by atoms with Gasteiger partial charge in [0, 0.05) is 24.6 Å². The summed E-state index contributed by atoms with van der Waals surface area (Å²) >= 11 is 0. The quantitative estimate of drug-likeness (QED) is 0.630. The van der Waals surface area contributed by atoms with Crippen molar-refractivity contribution >= 4 is 0 Å². The highest BCUT2D eigenvalue weighted by atomic mass is 16.7. The third-order valence-corrected chi connectivity index (χ3v) is 3.02. The maximum absolute atomic E-state index is 5.90. The Kier molecular flexibility index (Phi) is 1.74. The fraction of sp³-hybridized carbons (Fsp3) is 0.545. The van der Waals surface area contributed by atoms with Crippen molar-refractivity contribution in [3.05, 3.63) is 24.0 Å². The Bertz CT molecular complexity index is 345. The lowest BCUT2D eigenvalue weighted by Gasteiger charge is -2.35. The maximum atomic E-state index is 5.90. The Morgan fingerprint density at radius 1 is 1.29 bits per heavy atom. The maximum Gasteiger partial charge on any atom is 0.210 e. The molecule has 1 fully saturated rings. The first-order valence-electron chi connectivity index (χ1n) is 5.14. The number of hydrogen-bond acceptors (Lipinski definition) is 3. The van der Waals surface area contributed by atoms with Gasteiger partial charge in [0.2, 0.25) is 5.79 Å². The third-order valence-electron chi connectivity index (χ3n) is 3.02. The average Bonchev–Trinajstić information content (AvgIpc) is 2.66. The highest BCUT2D eigenvalue weighted by Crippen LogP contribution is 2.40. The molecule has 1 saturated carbocycles. The average molecular weight is 191 g/mol. The fourth-order valence-electron chi connectivity index (χ4n) is 2.22. The Morgan fingerprint density at radius 2 is 2.14 bits per heavy atom. The van der Waals surface area contributed by atoms with Gasteiger partial charge in [0.15, 0.2) is 0 Å². The molecule has 0 unspecified atom stereocenters. The van der Waals surface area contributed by atoms with Gasteiger partial charge in [0.1, 0.15) is 5.75 Å². The van der Waals surface area contributed by atoms with Crippen LogP contribution in [0, 0.1) is 0 Å². The first-order chi connectivity index (χ1) is 6.88. The van der Waals surface area contributed by atoms with Crippen LogP contribution < -0.4 is 4.74 Å². The minimum Gasteiger partial charge on any atom is -0.460 e. The first-order valence-corrected chi connectivity index (χ1v) is 5.14. The summed E-state index contributed by atoms with van der Waals surface area (Å²) in [6, 6.07) is 1.96. The van der Waals surface area contributed by atoms with E-state index < -0.39 is 0 Å². The second-order valence-electron chi connectivity index (χ2n) is 3.99. The molecule has 2 heterocycles. The van der Waals surface area contributed by atoms with Crippen LogP contribution in [0.15, 0.2) is 18.5 Å². The predicted molar refractivity (Wildman–Crippen MR) is 50.9 cm³/mol. The summed E-state index contributed by atoms with van der Waals surface area (Å²) in [6.45, 7) is 0.665.